The number of aliphatic carboxylic acids is 1. The minimum absolute atomic E-state index is 0.00826. The predicted molar refractivity (Wildman–Crippen MR) is 59.8 cm³/mol. The fraction of sp³-hybridized carbons (Fsp3) is 0.909. The van der Waals surface area contributed by atoms with Gasteiger partial charge >= 0.3 is 5.97 Å². The standard InChI is InChI=1S/C11H23NO3/c1-4-5-10(11(14)15)12-9(7-13)6-8(2)3/h8-10,12-13H,4-7H2,1-3H3,(H,14,15). The van der Waals surface area contributed by atoms with Gasteiger partial charge in [0.1, 0.15) is 6.04 Å². The van der Waals surface area contributed by atoms with Crippen LogP contribution in [0.5, 0.6) is 0 Å². The maximum Gasteiger partial charge on any atom is 0.320 e. The van der Waals surface area contributed by atoms with Gasteiger partial charge in [0, 0.05) is 6.04 Å². The SMILES string of the molecule is CCCC(NC(CO)CC(C)C)C(=O)O. The van der Waals surface area contributed by atoms with Crippen molar-refractivity contribution in [2.75, 3.05) is 6.61 Å². The predicted octanol–water partition coefficient (Wildman–Crippen LogP) is 1.24. The van der Waals surface area contributed by atoms with Gasteiger partial charge in [0.2, 0.25) is 0 Å². The molecule has 90 valence electrons. The van der Waals surface area contributed by atoms with Gasteiger partial charge in [-0.3, -0.25) is 10.1 Å². The first-order valence-electron chi connectivity index (χ1n) is 5.60. The third kappa shape index (κ3) is 6.47. The highest BCUT2D eigenvalue weighted by atomic mass is 16.4. The van der Waals surface area contributed by atoms with Crippen LogP contribution in [0.2, 0.25) is 0 Å². The molecule has 0 heterocycles. The van der Waals surface area contributed by atoms with E-state index < -0.39 is 12.0 Å². The highest BCUT2D eigenvalue weighted by Gasteiger charge is 2.20. The number of hydrogen-bond acceptors (Lipinski definition) is 3. The van der Waals surface area contributed by atoms with Gasteiger partial charge in [0.15, 0.2) is 0 Å². The van der Waals surface area contributed by atoms with Crippen molar-refractivity contribution < 1.29 is 15.0 Å². The Kier molecular flexibility index (Phi) is 7.34. The van der Waals surface area contributed by atoms with E-state index >= 15 is 0 Å². The van der Waals surface area contributed by atoms with Gasteiger partial charge in [0.25, 0.3) is 0 Å². The third-order valence-electron chi connectivity index (χ3n) is 2.29. The van der Waals surface area contributed by atoms with Crippen molar-refractivity contribution in [3.8, 4) is 0 Å². The number of carboxylic acids is 1. The van der Waals surface area contributed by atoms with E-state index in [-0.39, 0.29) is 12.6 Å². The summed E-state index contributed by atoms with van der Waals surface area (Å²) in [6.45, 7) is 6.06. The second kappa shape index (κ2) is 7.65. The van der Waals surface area contributed by atoms with E-state index in [1.807, 2.05) is 6.92 Å². The molecule has 0 spiro atoms. The second-order valence-corrected chi connectivity index (χ2v) is 4.36. The van der Waals surface area contributed by atoms with Crippen LogP contribution < -0.4 is 5.32 Å². The summed E-state index contributed by atoms with van der Waals surface area (Å²) in [4.78, 5) is 10.9. The van der Waals surface area contributed by atoms with E-state index in [9.17, 15) is 4.79 Å². The molecule has 0 aliphatic carbocycles. The molecule has 0 fully saturated rings. The lowest BCUT2D eigenvalue weighted by Crippen LogP contribution is -2.45. The van der Waals surface area contributed by atoms with Gasteiger partial charge in [0.05, 0.1) is 6.61 Å². The fourth-order valence-corrected chi connectivity index (χ4v) is 1.62. The van der Waals surface area contributed by atoms with Crippen LogP contribution in [0, 0.1) is 5.92 Å². The molecule has 0 saturated heterocycles. The Bertz CT molecular complexity index is 183. The summed E-state index contributed by atoms with van der Waals surface area (Å²) in [5.74, 6) is -0.384. The molecule has 3 N–H and O–H groups in total. The van der Waals surface area contributed by atoms with Gasteiger partial charge < -0.3 is 10.2 Å². The van der Waals surface area contributed by atoms with Gasteiger partial charge in [-0.2, -0.15) is 0 Å². The fourth-order valence-electron chi connectivity index (χ4n) is 1.62. The van der Waals surface area contributed by atoms with Crippen LogP contribution >= 0.6 is 0 Å². The number of carboxylic acid groups (broad SMARTS) is 1. The monoisotopic (exact) mass is 217 g/mol. The van der Waals surface area contributed by atoms with Crippen molar-refractivity contribution in [2.45, 2.75) is 52.1 Å². The molecule has 0 aromatic heterocycles. The summed E-state index contributed by atoms with van der Waals surface area (Å²) < 4.78 is 0. The summed E-state index contributed by atoms with van der Waals surface area (Å²) in [5, 5.41) is 21.0. The molecule has 0 rings (SSSR count). The Morgan fingerprint density at radius 1 is 1.40 bits per heavy atom. The van der Waals surface area contributed by atoms with Crippen LogP contribution in [0.3, 0.4) is 0 Å². The molecule has 15 heavy (non-hydrogen) atoms. The second-order valence-electron chi connectivity index (χ2n) is 4.36. The van der Waals surface area contributed by atoms with Gasteiger partial charge in [-0.15, -0.1) is 0 Å². The zero-order chi connectivity index (χ0) is 11.8. The Labute approximate surface area is 91.7 Å². The molecule has 0 radical (unpaired) electrons. The number of hydrogen-bond donors (Lipinski definition) is 3. The zero-order valence-electron chi connectivity index (χ0n) is 9.86. The number of nitrogens with one attached hydrogen (secondary N) is 1. The van der Waals surface area contributed by atoms with E-state index in [0.29, 0.717) is 12.3 Å². The average molecular weight is 217 g/mol. The number of aliphatic hydroxyl groups excluding tert-OH is 1. The topological polar surface area (TPSA) is 69.6 Å². The first-order valence-corrected chi connectivity index (χ1v) is 5.60. The van der Waals surface area contributed by atoms with Crippen molar-refractivity contribution in [1.82, 2.24) is 5.32 Å². The molecule has 0 amide bonds. The molecule has 4 heteroatoms. The summed E-state index contributed by atoms with van der Waals surface area (Å²) in [7, 11) is 0. The summed E-state index contributed by atoms with van der Waals surface area (Å²) in [6.07, 6.45) is 2.22. The lowest BCUT2D eigenvalue weighted by Gasteiger charge is -2.22. The quantitative estimate of drug-likeness (QED) is 0.572. The number of aliphatic hydroxyl groups is 1. The van der Waals surface area contributed by atoms with Crippen molar-refractivity contribution in [1.29, 1.82) is 0 Å². The van der Waals surface area contributed by atoms with Crippen LogP contribution in [0.25, 0.3) is 0 Å². The van der Waals surface area contributed by atoms with E-state index in [4.69, 9.17) is 10.2 Å². The van der Waals surface area contributed by atoms with Crippen molar-refractivity contribution >= 4 is 5.97 Å². The maximum atomic E-state index is 10.9. The molecule has 0 aliphatic rings. The average Bonchev–Trinajstić information content (AvgIpc) is 2.14. The molecule has 2 unspecified atom stereocenters. The smallest absolute Gasteiger partial charge is 0.320 e. The van der Waals surface area contributed by atoms with Gasteiger partial charge in [-0.05, 0) is 18.8 Å². The molecule has 0 bridgehead atoms. The Morgan fingerprint density at radius 3 is 2.33 bits per heavy atom. The highest BCUT2D eigenvalue weighted by Crippen LogP contribution is 2.07. The van der Waals surface area contributed by atoms with Crippen molar-refractivity contribution in [3.63, 3.8) is 0 Å². The lowest BCUT2D eigenvalue weighted by molar-refractivity contribution is -0.140. The van der Waals surface area contributed by atoms with E-state index in [0.717, 1.165) is 12.8 Å². The van der Waals surface area contributed by atoms with Crippen LogP contribution in [-0.4, -0.2) is 34.9 Å². The largest absolute Gasteiger partial charge is 0.480 e. The molecule has 0 saturated carbocycles. The van der Waals surface area contributed by atoms with Crippen molar-refractivity contribution in [3.05, 3.63) is 0 Å². The number of carbonyl (C=O) groups is 1. The molecule has 4 nitrogen and oxygen atoms in total. The van der Waals surface area contributed by atoms with Gasteiger partial charge in [-0.1, -0.05) is 27.2 Å². The molecular weight excluding hydrogens is 194 g/mol. The maximum absolute atomic E-state index is 10.9. The highest BCUT2D eigenvalue weighted by molar-refractivity contribution is 5.73. The Morgan fingerprint density at radius 2 is 2.00 bits per heavy atom. The van der Waals surface area contributed by atoms with Crippen LogP contribution in [0.1, 0.15) is 40.0 Å². The normalized spacial score (nSPS) is 15.3. The first-order chi connectivity index (χ1) is 7.01. The summed E-state index contributed by atoms with van der Waals surface area (Å²) in [6, 6.07) is -0.649. The lowest BCUT2D eigenvalue weighted by atomic mass is 10.0. The Balaban J connectivity index is 4.15. The van der Waals surface area contributed by atoms with Crippen molar-refractivity contribution in [2.24, 2.45) is 5.92 Å². The molecule has 2 atom stereocenters. The number of rotatable bonds is 8. The minimum atomic E-state index is -0.834. The van der Waals surface area contributed by atoms with E-state index in [1.165, 1.54) is 0 Å². The Hall–Kier alpha value is -0.610. The van der Waals surface area contributed by atoms with E-state index in [2.05, 4.69) is 19.2 Å². The third-order valence-corrected chi connectivity index (χ3v) is 2.29. The molecule has 0 aromatic rings. The van der Waals surface area contributed by atoms with Crippen LogP contribution in [-0.2, 0) is 4.79 Å². The molecule has 0 aliphatic heterocycles. The van der Waals surface area contributed by atoms with E-state index in [1.54, 1.807) is 0 Å². The first kappa shape index (κ1) is 14.4. The minimum Gasteiger partial charge on any atom is -0.480 e. The van der Waals surface area contributed by atoms with Crippen LogP contribution in [0.15, 0.2) is 0 Å². The molecule has 0 aromatic carbocycles. The van der Waals surface area contributed by atoms with Crippen LogP contribution in [0.4, 0.5) is 0 Å². The summed E-state index contributed by atoms with van der Waals surface area (Å²) >= 11 is 0. The summed E-state index contributed by atoms with van der Waals surface area (Å²) in [5.41, 5.74) is 0. The zero-order valence-corrected chi connectivity index (χ0v) is 9.86. The molecular formula is C11H23NO3. The van der Waals surface area contributed by atoms with Gasteiger partial charge in [-0.25, -0.2) is 0 Å².